The number of rotatable bonds is 4. The molecular weight excluding hydrogens is 578 g/mol. The van der Waals surface area contributed by atoms with Gasteiger partial charge in [0.15, 0.2) is 11.0 Å². The summed E-state index contributed by atoms with van der Waals surface area (Å²) >= 11 is 7.53. The number of benzene rings is 2. The normalized spacial score (nSPS) is 19.2. The Bertz CT molecular complexity index is 1800. The van der Waals surface area contributed by atoms with Crippen LogP contribution in [-0.4, -0.2) is 43.2 Å². The van der Waals surface area contributed by atoms with Crippen molar-refractivity contribution in [2.45, 2.75) is 33.7 Å². The van der Waals surface area contributed by atoms with Gasteiger partial charge in [-0.05, 0) is 49.1 Å². The molecule has 4 heterocycles. The summed E-state index contributed by atoms with van der Waals surface area (Å²) in [6.45, 7) is 5.72. The van der Waals surface area contributed by atoms with Crippen LogP contribution in [0.5, 0.6) is 0 Å². The van der Waals surface area contributed by atoms with E-state index in [1.165, 1.54) is 37.5 Å². The second-order valence-corrected chi connectivity index (χ2v) is 11.2. The number of carbonyl (C=O) groups excluding carboxylic acids is 3. The first-order chi connectivity index (χ1) is 20.1. The molecule has 0 N–H and O–H groups in total. The third-order valence-corrected chi connectivity index (χ3v) is 8.26. The molecule has 11 nitrogen and oxygen atoms in total. The zero-order valence-corrected chi connectivity index (χ0v) is 24.6. The first-order valence-electron chi connectivity index (χ1n) is 13.0. The summed E-state index contributed by atoms with van der Waals surface area (Å²) in [6.07, 6.45) is 0. The predicted octanol–water partition coefficient (Wildman–Crippen LogP) is 4.26. The van der Waals surface area contributed by atoms with E-state index in [0.29, 0.717) is 32.8 Å². The molecule has 0 aliphatic carbocycles. The molecule has 0 spiro atoms. The Kier molecular flexibility index (Phi) is 6.82. The highest BCUT2D eigenvalue weighted by Crippen LogP contribution is 2.47. The number of hydrogen-bond acceptors (Lipinski definition) is 9. The standard InChI is InChI=1S/C29H24ClN7O4S/c1-15-23(27(40)35(33-15)21-8-6-5-7-9-21)22-14-42-29-32-26-24(25(34(22)29)19-10-12-20(30)13-11-19)28(41)36(16(2)31-26)37(17(3)38)18(4)39/h5-14,23,25H,1-4H3. The van der Waals surface area contributed by atoms with Crippen LogP contribution in [0, 0.1) is 12.8 Å². The van der Waals surface area contributed by atoms with E-state index in [4.69, 9.17) is 16.6 Å². The quantitative estimate of drug-likeness (QED) is 0.438. The van der Waals surface area contributed by atoms with Crippen LogP contribution in [0.3, 0.4) is 0 Å². The molecule has 13 heteroatoms. The minimum absolute atomic E-state index is 0.125. The molecule has 0 radical (unpaired) electrons. The van der Waals surface area contributed by atoms with Crippen molar-refractivity contribution < 1.29 is 14.4 Å². The minimum atomic E-state index is -0.801. The van der Waals surface area contributed by atoms with Crippen molar-refractivity contribution in [3.63, 3.8) is 0 Å². The summed E-state index contributed by atoms with van der Waals surface area (Å²) in [5.41, 5.74) is 2.00. The zero-order chi connectivity index (χ0) is 29.9. The molecule has 3 aromatic rings. The van der Waals surface area contributed by atoms with Gasteiger partial charge in [-0.2, -0.15) is 19.8 Å². The summed E-state index contributed by atoms with van der Waals surface area (Å²) in [4.78, 5) is 64.1. The molecule has 42 heavy (non-hydrogen) atoms. The molecule has 212 valence electrons. The number of carbonyl (C=O) groups is 3. The number of halogens is 1. The van der Waals surface area contributed by atoms with E-state index < -0.39 is 29.3 Å². The van der Waals surface area contributed by atoms with Crippen LogP contribution >= 0.6 is 23.4 Å². The number of aryl methyl sites for hydroxylation is 1. The lowest BCUT2D eigenvalue weighted by Crippen LogP contribution is -2.52. The maximum atomic E-state index is 14.2. The SMILES string of the molecule is CC(=O)N(C(C)=O)n1c(C)nc2c(c1=O)C(c1ccc(Cl)cc1)N1C(C3C(=O)N(c4ccccc4)N=C3C)=CSC1=N2. The van der Waals surface area contributed by atoms with Crippen molar-refractivity contribution in [1.29, 1.82) is 0 Å². The Morgan fingerprint density at radius 1 is 0.976 bits per heavy atom. The van der Waals surface area contributed by atoms with Crippen LogP contribution in [0.15, 0.2) is 80.6 Å². The number of fused-ring (bicyclic) bond motifs is 2. The van der Waals surface area contributed by atoms with E-state index in [1.54, 1.807) is 31.2 Å². The van der Waals surface area contributed by atoms with Gasteiger partial charge in [-0.1, -0.05) is 53.7 Å². The highest BCUT2D eigenvalue weighted by molar-refractivity contribution is 8.16. The summed E-state index contributed by atoms with van der Waals surface area (Å²) in [5, 5.41) is 9.57. The fourth-order valence-corrected chi connectivity index (χ4v) is 6.47. The van der Waals surface area contributed by atoms with Gasteiger partial charge in [0.05, 0.1) is 23.0 Å². The number of hydrazone groups is 1. The van der Waals surface area contributed by atoms with Gasteiger partial charge in [0.25, 0.3) is 11.5 Å². The Morgan fingerprint density at radius 2 is 1.64 bits per heavy atom. The van der Waals surface area contributed by atoms with Crippen LogP contribution in [0.25, 0.3) is 0 Å². The number of amidine groups is 1. The number of aliphatic imine (C=N–C) groups is 1. The third kappa shape index (κ3) is 4.34. The minimum Gasteiger partial charge on any atom is -0.311 e. The van der Waals surface area contributed by atoms with E-state index in [9.17, 15) is 19.2 Å². The molecule has 3 aliphatic heterocycles. The molecule has 3 aliphatic rings. The average Bonchev–Trinajstić information content (AvgIpc) is 3.49. The van der Waals surface area contributed by atoms with Crippen LogP contribution in [0.4, 0.5) is 11.5 Å². The lowest BCUT2D eigenvalue weighted by Gasteiger charge is -2.37. The van der Waals surface area contributed by atoms with Gasteiger partial charge < -0.3 is 4.90 Å². The van der Waals surface area contributed by atoms with Crippen molar-refractivity contribution in [3.05, 3.63) is 98.0 Å². The van der Waals surface area contributed by atoms with Gasteiger partial charge in [0.2, 0.25) is 11.8 Å². The number of imide groups is 1. The fraction of sp³-hybridized carbons (Fsp3) is 0.207. The number of anilines is 1. The Morgan fingerprint density at radius 3 is 2.29 bits per heavy atom. The number of aromatic nitrogens is 2. The highest BCUT2D eigenvalue weighted by Gasteiger charge is 2.47. The molecule has 2 unspecified atom stereocenters. The smallest absolute Gasteiger partial charge is 0.280 e. The summed E-state index contributed by atoms with van der Waals surface area (Å²) in [5.74, 6) is -1.97. The lowest BCUT2D eigenvalue weighted by atomic mass is 9.93. The summed E-state index contributed by atoms with van der Waals surface area (Å²) < 4.78 is 0.976. The van der Waals surface area contributed by atoms with E-state index in [-0.39, 0.29) is 23.1 Å². The molecule has 0 saturated carbocycles. The first kappa shape index (κ1) is 27.6. The van der Waals surface area contributed by atoms with Gasteiger partial charge in [-0.15, -0.1) is 0 Å². The molecule has 0 fully saturated rings. The van der Waals surface area contributed by atoms with E-state index in [1.807, 2.05) is 40.6 Å². The van der Waals surface area contributed by atoms with E-state index in [0.717, 1.165) is 9.69 Å². The fourth-order valence-electron chi connectivity index (χ4n) is 5.41. The number of amides is 3. The second-order valence-electron chi connectivity index (χ2n) is 9.90. The number of thioether (sulfide) groups is 1. The summed E-state index contributed by atoms with van der Waals surface area (Å²) in [7, 11) is 0. The lowest BCUT2D eigenvalue weighted by molar-refractivity contribution is -0.127. The highest BCUT2D eigenvalue weighted by atomic mass is 35.5. The molecule has 2 atom stereocenters. The molecule has 1 aromatic heterocycles. The number of nitrogens with zero attached hydrogens (tertiary/aromatic N) is 7. The molecule has 3 amide bonds. The molecular formula is C29H24ClN7O4S. The van der Waals surface area contributed by atoms with Gasteiger partial charge >= 0.3 is 0 Å². The van der Waals surface area contributed by atoms with Crippen LogP contribution < -0.4 is 15.6 Å². The number of hydrogen-bond donors (Lipinski definition) is 0. The summed E-state index contributed by atoms with van der Waals surface area (Å²) in [6, 6.07) is 15.3. The van der Waals surface area contributed by atoms with Crippen molar-refractivity contribution in [2.24, 2.45) is 16.0 Å². The predicted molar refractivity (Wildman–Crippen MR) is 161 cm³/mol. The van der Waals surface area contributed by atoms with Crippen molar-refractivity contribution in [2.75, 3.05) is 10.0 Å². The Balaban J connectivity index is 1.53. The van der Waals surface area contributed by atoms with Crippen molar-refractivity contribution in [3.8, 4) is 0 Å². The van der Waals surface area contributed by atoms with Gasteiger partial charge in [-0.3, -0.25) is 19.2 Å². The van der Waals surface area contributed by atoms with Crippen LogP contribution in [-0.2, 0) is 14.4 Å². The zero-order valence-electron chi connectivity index (χ0n) is 23.0. The second kappa shape index (κ2) is 10.4. The number of para-hydroxylation sites is 1. The van der Waals surface area contributed by atoms with Crippen molar-refractivity contribution >= 4 is 63.5 Å². The molecule has 0 bridgehead atoms. The molecule has 6 rings (SSSR count). The largest absolute Gasteiger partial charge is 0.311 e. The van der Waals surface area contributed by atoms with Crippen LogP contribution in [0.1, 0.15) is 43.8 Å². The van der Waals surface area contributed by atoms with Gasteiger partial charge in [0.1, 0.15) is 11.7 Å². The van der Waals surface area contributed by atoms with E-state index in [2.05, 4.69) is 10.1 Å². The Hall–Kier alpha value is -4.55. The maximum Gasteiger partial charge on any atom is 0.280 e. The van der Waals surface area contributed by atoms with Crippen molar-refractivity contribution in [1.82, 2.24) is 14.6 Å². The van der Waals surface area contributed by atoms with E-state index >= 15 is 0 Å². The Labute approximate surface area is 249 Å². The monoisotopic (exact) mass is 601 g/mol. The first-order valence-corrected chi connectivity index (χ1v) is 14.2. The van der Waals surface area contributed by atoms with Gasteiger partial charge in [-0.25, -0.2) is 9.98 Å². The topological polar surface area (TPSA) is 121 Å². The van der Waals surface area contributed by atoms with Gasteiger partial charge in [0, 0.05) is 24.6 Å². The third-order valence-electron chi connectivity index (χ3n) is 7.15. The van der Waals surface area contributed by atoms with Crippen LogP contribution in [0.2, 0.25) is 5.02 Å². The molecule has 2 aromatic carbocycles. The molecule has 0 saturated heterocycles. The average molecular weight is 602 g/mol. The maximum absolute atomic E-state index is 14.2.